The molecule has 3 N–H and O–H groups in total. The Morgan fingerprint density at radius 2 is 1.95 bits per heavy atom. The zero-order valence-corrected chi connectivity index (χ0v) is 13.8. The van der Waals surface area contributed by atoms with Gasteiger partial charge < -0.3 is 15.7 Å². The van der Waals surface area contributed by atoms with Crippen LogP contribution in [-0.4, -0.2) is 41.7 Å². The lowest BCUT2D eigenvalue weighted by Gasteiger charge is -2.24. The second-order valence-corrected chi connectivity index (χ2v) is 6.88. The zero-order valence-electron chi connectivity index (χ0n) is 13.0. The molecule has 0 saturated heterocycles. The molecule has 0 spiro atoms. The van der Waals surface area contributed by atoms with Crippen molar-refractivity contribution >= 4 is 23.8 Å². The SMILES string of the molecule is CSCCC(C)NC(=O)NCCC(C)(C)CCC(=O)O. The molecular formula is C14H28N2O3S. The highest BCUT2D eigenvalue weighted by atomic mass is 32.2. The number of rotatable bonds is 10. The van der Waals surface area contributed by atoms with Gasteiger partial charge in [-0.15, -0.1) is 0 Å². The zero-order chi connectivity index (χ0) is 15.6. The first-order valence-corrected chi connectivity index (χ1v) is 8.41. The Morgan fingerprint density at radius 1 is 1.30 bits per heavy atom. The van der Waals surface area contributed by atoms with Crippen molar-refractivity contribution in [1.82, 2.24) is 10.6 Å². The van der Waals surface area contributed by atoms with Gasteiger partial charge >= 0.3 is 12.0 Å². The molecule has 0 aliphatic carbocycles. The number of aliphatic carboxylic acids is 1. The molecule has 0 rings (SSSR count). The molecule has 0 radical (unpaired) electrons. The number of thioether (sulfide) groups is 1. The largest absolute Gasteiger partial charge is 0.481 e. The second-order valence-electron chi connectivity index (χ2n) is 5.89. The minimum atomic E-state index is -0.772. The summed E-state index contributed by atoms with van der Waals surface area (Å²) in [5.41, 5.74) is -0.0733. The van der Waals surface area contributed by atoms with E-state index >= 15 is 0 Å². The van der Waals surface area contributed by atoms with E-state index in [1.807, 2.05) is 27.0 Å². The van der Waals surface area contributed by atoms with Gasteiger partial charge in [0.1, 0.15) is 0 Å². The highest BCUT2D eigenvalue weighted by molar-refractivity contribution is 7.98. The lowest BCUT2D eigenvalue weighted by molar-refractivity contribution is -0.137. The minimum Gasteiger partial charge on any atom is -0.481 e. The van der Waals surface area contributed by atoms with Gasteiger partial charge in [0.25, 0.3) is 0 Å². The normalized spacial score (nSPS) is 12.8. The van der Waals surface area contributed by atoms with Crippen molar-refractivity contribution in [3.05, 3.63) is 0 Å². The highest BCUT2D eigenvalue weighted by Crippen LogP contribution is 2.25. The molecule has 0 fully saturated rings. The fraction of sp³-hybridized carbons (Fsp3) is 0.857. The average Bonchev–Trinajstić information content (AvgIpc) is 2.33. The van der Waals surface area contributed by atoms with Crippen LogP contribution < -0.4 is 10.6 Å². The summed E-state index contributed by atoms with van der Waals surface area (Å²) >= 11 is 1.77. The topological polar surface area (TPSA) is 78.4 Å². The predicted molar refractivity (Wildman–Crippen MR) is 84.3 cm³/mol. The molecule has 0 aliphatic heterocycles. The smallest absolute Gasteiger partial charge is 0.314 e. The molecule has 6 heteroatoms. The number of carboxylic acids is 1. The minimum absolute atomic E-state index is 0.0733. The molecule has 2 amide bonds. The lowest BCUT2D eigenvalue weighted by Crippen LogP contribution is -2.42. The maximum absolute atomic E-state index is 11.6. The summed E-state index contributed by atoms with van der Waals surface area (Å²) in [5, 5.41) is 14.4. The fourth-order valence-corrected chi connectivity index (χ4v) is 2.32. The average molecular weight is 304 g/mol. The van der Waals surface area contributed by atoms with Gasteiger partial charge in [-0.2, -0.15) is 11.8 Å². The summed E-state index contributed by atoms with van der Waals surface area (Å²) in [5.74, 6) is 0.260. The lowest BCUT2D eigenvalue weighted by atomic mass is 9.84. The number of nitrogens with one attached hydrogen (secondary N) is 2. The molecule has 0 aromatic heterocycles. The third-order valence-electron chi connectivity index (χ3n) is 3.24. The standard InChI is InChI=1S/C14H28N2O3S/c1-11(6-10-20-4)16-13(19)15-9-8-14(2,3)7-5-12(17)18/h11H,5-10H2,1-4H3,(H,17,18)(H2,15,16,19). The van der Waals surface area contributed by atoms with Crippen LogP contribution in [0.3, 0.4) is 0 Å². The molecule has 0 saturated carbocycles. The van der Waals surface area contributed by atoms with Gasteiger partial charge in [-0.3, -0.25) is 4.79 Å². The number of carbonyl (C=O) groups is 2. The van der Waals surface area contributed by atoms with Crippen LogP contribution in [0.5, 0.6) is 0 Å². The van der Waals surface area contributed by atoms with E-state index in [1.165, 1.54) is 0 Å². The number of urea groups is 1. The van der Waals surface area contributed by atoms with Crippen molar-refractivity contribution in [2.45, 2.75) is 52.5 Å². The maximum atomic E-state index is 11.6. The van der Waals surface area contributed by atoms with E-state index in [0.717, 1.165) is 18.6 Å². The Hall–Kier alpha value is -0.910. The van der Waals surface area contributed by atoms with Crippen LogP contribution in [0, 0.1) is 5.41 Å². The Labute approximate surface area is 126 Å². The Balaban J connectivity index is 3.81. The van der Waals surface area contributed by atoms with Gasteiger partial charge in [-0.05, 0) is 43.6 Å². The number of carboxylic acid groups (broad SMARTS) is 1. The molecule has 0 aliphatic rings. The maximum Gasteiger partial charge on any atom is 0.314 e. The molecule has 0 heterocycles. The van der Waals surface area contributed by atoms with Gasteiger partial charge in [-0.1, -0.05) is 13.8 Å². The molecule has 0 bridgehead atoms. The van der Waals surface area contributed by atoms with Crippen LogP contribution in [0.1, 0.15) is 46.5 Å². The van der Waals surface area contributed by atoms with Crippen LogP contribution in [0.2, 0.25) is 0 Å². The molecule has 1 atom stereocenters. The van der Waals surface area contributed by atoms with Crippen LogP contribution in [0.15, 0.2) is 0 Å². The van der Waals surface area contributed by atoms with E-state index in [0.29, 0.717) is 13.0 Å². The van der Waals surface area contributed by atoms with Crippen molar-refractivity contribution in [1.29, 1.82) is 0 Å². The summed E-state index contributed by atoms with van der Waals surface area (Å²) in [4.78, 5) is 22.2. The molecule has 0 aromatic rings. The summed E-state index contributed by atoms with van der Waals surface area (Å²) in [6.45, 7) is 6.60. The number of hydrogen-bond acceptors (Lipinski definition) is 3. The molecule has 118 valence electrons. The van der Waals surface area contributed by atoms with Gasteiger partial charge in [0.2, 0.25) is 0 Å². The van der Waals surface area contributed by atoms with Crippen LogP contribution in [0.4, 0.5) is 4.79 Å². The summed E-state index contributed by atoms with van der Waals surface area (Å²) in [6, 6.07) is 0.0232. The molecule has 5 nitrogen and oxygen atoms in total. The first-order valence-electron chi connectivity index (χ1n) is 7.02. The first-order chi connectivity index (χ1) is 9.26. The summed E-state index contributed by atoms with van der Waals surface area (Å²) < 4.78 is 0. The molecule has 0 aromatic carbocycles. The van der Waals surface area contributed by atoms with Crippen molar-refractivity contribution in [2.24, 2.45) is 5.41 Å². The van der Waals surface area contributed by atoms with Crippen molar-refractivity contribution in [3.8, 4) is 0 Å². The molecule has 1 unspecified atom stereocenters. The van der Waals surface area contributed by atoms with Crippen LogP contribution in [0.25, 0.3) is 0 Å². The van der Waals surface area contributed by atoms with Crippen molar-refractivity contribution < 1.29 is 14.7 Å². The van der Waals surface area contributed by atoms with E-state index in [4.69, 9.17) is 5.11 Å². The Kier molecular flexibility index (Phi) is 9.46. The number of carbonyl (C=O) groups excluding carboxylic acids is 1. The van der Waals surface area contributed by atoms with Crippen LogP contribution >= 0.6 is 11.8 Å². The summed E-state index contributed by atoms with van der Waals surface area (Å²) in [6.07, 6.45) is 4.57. The van der Waals surface area contributed by atoms with E-state index in [-0.39, 0.29) is 23.9 Å². The Bertz CT molecular complexity index is 309. The predicted octanol–water partition coefficient (Wildman–Crippen LogP) is 2.71. The van der Waals surface area contributed by atoms with Gasteiger partial charge in [-0.25, -0.2) is 4.79 Å². The number of amides is 2. The monoisotopic (exact) mass is 304 g/mol. The van der Waals surface area contributed by atoms with Gasteiger partial charge in [0.05, 0.1) is 0 Å². The highest BCUT2D eigenvalue weighted by Gasteiger charge is 2.19. The van der Waals surface area contributed by atoms with Gasteiger partial charge in [0.15, 0.2) is 0 Å². The third-order valence-corrected chi connectivity index (χ3v) is 3.88. The van der Waals surface area contributed by atoms with E-state index in [9.17, 15) is 9.59 Å². The number of hydrogen-bond donors (Lipinski definition) is 3. The summed E-state index contributed by atoms with van der Waals surface area (Å²) in [7, 11) is 0. The second kappa shape index (κ2) is 9.91. The van der Waals surface area contributed by atoms with E-state index in [1.54, 1.807) is 11.8 Å². The quantitative estimate of drug-likeness (QED) is 0.580. The van der Waals surface area contributed by atoms with Crippen molar-refractivity contribution in [3.63, 3.8) is 0 Å². The third kappa shape index (κ3) is 11.0. The van der Waals surface area contributed by atoms with E-state index in [2.05, 4.69) is 10.6 Å². The van der Waals surface area contributed by atoms with E-state index < -0.39 is 5.97 Å². The van der Waals surface area contributed by atoms with Crippen molar-refractivity contribution in [2.75, 3.05) is 18.6 Å². The Morgan fingerprint density at radius 3 is 2.50 bits per heavy atom. The molecular weight excluding hydrogens is 276 g/mol. The van der Waals surface area contributed by atoms with Gasteiger partial charge in [0, 0.05) is 19.0 Å². The fourth-order valence-electron chi connectivity index (χ4n) is 1.73. The first kappa shape index (κ1) is 19.1. The molecule has 20 heavy (non-hydrogen) atoms. The van der Waals surface area contributed by atoms with Crippen LogP contribution in [-0.2, 0) is 4.79 Å².